The van der Waals surface area contributed by atoms with E-state index >= 15 is 0 Å². The smallest absolute Gasteiger partial charge is 0.146 e. The molecule has 3 aromatic rings. The van der Waals surface area contributed by atoms with Crippen LogP contribution in [0.4, 0.5) is 5.82 Å². The molecular weight excluding hydrogens is 356 g/mol. The third-order valence-electron chi connectivity index (χ3n) is 5.33. The number of thiophene rings is 1. The largest absolute Gasteiger partial charge is 0.394 e. The number of benzene rings is 1. The van der Waals surface area contributed by atoms with Gasteiger partial charge in [0.05, 0.1) is 24.6 Å². The fraction of sp³-hybridized carbons (Fsp3) is 0.429. The second kappa shape index (κ2) is 7.92. The summed E-state index contributed by atoms with van der Waals surface area (Å²) < 4.78 is 0. The zero-order chi connectivity index (χ0) is 18.8. The van der Waals surface area contributed by atoms with Gasteiger partial charge in [0.2, 0.25) is 0 Å². The molecular formula is C21H26N4OS. The van der Waals surface area contributed by atoms with E-state index in [1.165, 1.54) is 23.3 Å². The summed E-state index contributed by atoms with van der Waals surface area (Å²) in [6.45, 7) is 7.30. The number of anilines is 1. The predicted octanol–water partition coefficient (Wildman–Crippen LogP) is 4.05. The lowest BCUT2D eigenvalue weighted by molar-refractivity contribution is 0.276. The highest BCUT2D eigenvalue weighted by atomic mass is 32.1. The molecule has 1 aliphatic heterocycles. The molecule has 4 rings (SSSR count). The molecule has 6 heteroatoms. The minimum absolute atomic E-state index is 0.0130. The molecule has 1 saturated heterocycles. The van der Waals surface area contributed by atoms with Crippen LogP contribution in [0, 0.1) is 13.8 Å². The molecule has 0 aliphatic carbocycles. The zero-order valence-electron chi connectivity index (χ0n) is 15.9. The second-order valence-electron chi connectivity index (χ2n) is 7.23. The molecule has 5 nitrogen and oxygen atoms in total. The van der Waals surface area contributed by atoms with Gasteiger partial charge >= 0.3 is 0 Å². The van der Waals surface area contributed by atoms with Crippen molar-refractivity contribution in [3.05, 3.63) is 52.2 Å². The van der Waals surface area contributed by atoms with Crippen molar-refractivity contribution in [3.63, 3.8) is 0 Å². The molecule has 1 unspecified atom stereocenters. The number of aliphatic hydroxyl groups excluding tert-OH is 1. The Balaban J connectivity index is 1.72. The van der Waals surface area contributed by atoms with Crippen LogP contribution in [-0.4, -0.2) is 39.7 Å². The highest BCUT2D eigenvalue weighted by Gasteiger charge is 2.20. The van der Waals surface area contributed by atoms with Crippen molar-refractivity contribution in [1.82, 2.24) is 14.9 Å². The number of hydrogen-bond acceptors (Lipinski definition) is 6. The molecule has 142 valence electrons. The molecule has 0 radical (unpaired) electrons. The van der Waals surface area contributed by atoms with E-state index in [0.717, 1.165) is 47.1 Å². The topological polar surface area (TPSA) is 61.3 Å². The van der Waals surface area contributed by atoms with Crippen LogP contribution in [0.5, 0.6) is 0 Å². The van der Waals surface area contributed by atoms with Gasteiger partial charge in [-0.15, -0.1) is 11.3 Å². The van der Waals surface area contributed by atoms with Crippen molar-refractivity contribution in [2.24, 2.45) is 0 Å². The summed E-state index contributed by atoms with van der Waals surface area (Å²) in [6, 6.07) is 9.85. The third kappa shape index (κ3) is 3.83. The summed E-state index contributed by atoms with van der Waals surface area (Å²) in [5.74, 6) is 1.69. The van der Waals surface area contributed by atoms with Crippen LogP contribution in [-0.2, 0) is 6.54 Å². The van der Waals surface area contributed by atoms with Crippen molar-refractivity contribution >= 4 is 27.4 Å². The summed E-state index contributed by atoms with van der Waals surface area (Å²) in [5.41, 5.74) is 2.27. The maximum atomic E-state index is 9.97. The van der Waals surface area contributed by atoms with Crippen molar-refractivity contribution in [3.8, 4) is 0 Å². The zero-order valence-corrected chi connectivity index (χ0v) is 16.7. The molecule has 0 amide bonds. The van der Waals surface area contributed by atoms with Gasteiger partial charge in [-0.2, -0.15) is 0 Å². The van der Waals surface area contributed by atoms with E-state index in [2.05, 4.69) is 24.1 Å². The fourth-order valence-corrected chi connectivity index (χ4v) is 4.74. The number of aliphatic hydroxyl groups is 1. The number of nitrogens with zero attached hydrogens (tertiary/aromatic N) is 3. The van der Waals surface area contributed by atoms with Crippen LogP contribution in [0.15, 0.2) is 30.3 Å². The average Bonchev–Trinajstić information content (AvgIpc) is 3.28. The first-order valence-corrected chi connectivity index (χ1v) is 10.4. The number of hydrogen-bond donors (Lipinski definition) is 2. The van der Waals surface area contributed by atoms with Crippen molar-refractivity contribution in [2.45, 2.75) is 39.3 Å². The van der Waals surface area contributed by atoms with E-state index in [-0.39, 0.29) is 12.6 Å². The first-order valence-electron chi connectivity index (χ1n) is 9.57. The van der Waals surface area contributed by atoms with Crippen LogP contribution in [0.3, 0.4) is 0 Å². The van der Waals surface area contributed by atoms with Crippen molar-refractivity contribution < 1.29 is 5.11 Å². The van der Waals surface area contributed by atoms with E-state index in [1.807, 2.05) is 30.3 Å². The molecule has 1 atom stereocenters. The van der Waals surface area contributed by atoms with Gasteiger partial charge in [0.25, 0.3) is 0 Å². The number of likely N-dealkylation sites (tertiary alicyclic amines) is 1. The maximum absolute atomic E-state index is 9.97. The number of rotatable bonds is 6. The molecule has 1 aliphatic rings. The van der Waals surface area contributed by atoms with Gasteiger partial charge in [-0.1, -0.05) is 30.3 Å². The molecule has 0 spiro atoms. The lowest BCUT2D eigenvalue weighted by Gasteiger charge is -2.20. The lowest BCUT2D eigenvalue weighted by atomic mass is 10.1. The van der Waals surface area contributed by atoms with Gasteiger partial charge in [-0.3, -0.25) is 4.90 Å². The van der Waals surface area contributed by atoms with Gasteiger partial charge in [-0.25, -0.2) is 9.97 Å². The van der Waals surface area contributed by atoms with E-state index < -0.39 is 0 Å². The standard InChI is InChI=1S/C21H26N4OS/c1-14-15(2)27-21-19(14)20(22-17(13-26)16-8-4-3-5-9-16)23-18(24-21)12-25-10-6-7-11-25/h3-5,8-9,17,26H,6-7,10-13H2,1-2H3,(H,22,23,24). The molecule has 2 N–H and O–H groups in total. The monoisotopic (exact) mass is 382 g/mol. The highest BCUT2D eigenvalue weighted by molar-refractivity contribution is 7.18. The van der Waals surface area contributed by atoms with Gasteiger partial charge in [0, 0.05) is 4.88 Å². The molecule has 2 aromatic heterocycles. The Bertz CT molecular complexity index is 919. The van der Waals surface area contributed by atoms with E-state index in [0.29, 0.717) is 0 Å². The van der Waals surface area contributed by atoms with Crippen LogP contribution in [0.25, 0.3) is 10.2 Å². The van der Waals surface area contributed by atoms with Gasteiger partial charge < -0.3 is 10.4 Å². The van der Waals surface area contributed by atoms with E-state index in [1.54, 1.807) is 11.3 Å². The number of aromatic nitrogens is 2. The Morgan fingerprint density at radius 1 is 1.15 bits per heavy atom. The van der Waals surface area contributed by atoms with Gasteiger partial charge in [-0.05, 0) is 50.9 Å². The quantitative estimate of drug-likeness (QED) is 0.673. The summed E-state index contributed by atoms with van der Waals surface area (Å²) in [4.78, 5) is 14.4. The van der Waals surface area contributed by atoms with Crippen molar-refractivity contribution in [2.75, 3.05) is 25.0 Å². The van der Waals surface area contributed by atoms with E-state index in [9.17, 15) is 5.11 Å². The molecule has 1 aromatic carbocycles. The summed E-state index contributed by atoms with van der Waals surface area (Å²) in [6.07, 6.45) is 2.51. The maximum Gasteiger partial charge on any atom is 0.146 e. The molecule has 1 fully saturated rings. The fourth-order valence-electron chi connectivity index (χ4n) is 3.69. The predicted molar refractivity (Wildman–Crippen MR) is 111 cm³/mol. The Morgan fingerprint density at radius 3 is 2.59 bits per heavy atom. The lowest BCUT2D eigenvalue weighted by Crippen LogP contribution is -2.21. The molecule has 3 heterocycles. The third-order valence-corrected chi connectivity index (χ3v) is 6.44. The normalized spacial score (nSPS) is 16.1. The van der Waals surface area contributed by atoms with Crippen LogP contribution < -0.4 is 5.32 Å². The first kappa shape index (κ1) is 18.3. The van der Waals surface area contributed by atoms with Crippen LogP contribution in [0.1, 0.15) is 40.7 Å². The van der Waals surface area contributed by atoms with Crippen molar-refractivity contribution in [1.29, 1.82) is 0 Å². The Morgan fingerprint density at radius 2 is 1.89 bits per heavy atom. The molecule has 0 saturated carbocycles. The van der Waals surface area contributed by atoms with E-state index in [4.69, 9.17) is 9.97 Å². The molecule has 27 heavy (non-hydrogen) atoms. The minimum atomic E-state index is -0.191. The Labute approximate surface area is 164 Å². The summed E-state index contributed by atoms with van der Waals surface area (Å²) >= 11 is 1.72. The SMILES string of the molecule is Cc1sc2nc(CN3CCCC3)nc(NC(CO)c3ccccc3)c2c1C. The van der Waals surface area contributed by atoms with Gasteiger partial charge in [0.1, 0.15) is 16.5 Å². The highest BCUT2D eigenvalue weighted by Crippen LogP contribution is 2.35. The van der Waals surface area contributed by atoms with Crippen LogP contribution >= 0.6 is 11.3 Å². The molecule has 0 bridgehead atoms. The number of aryl methyl sites for hydroxylation is 2. The average molecular weight is 383 g/mol. The first-order chi connectivity index (χ1) is 13.2. The Hall–Kier alpha value is -2.02. The summed E-state index contributed by atoms with van der Waals surface area (Å²) in [5, 5.41) is 14.6. The minimum Gasteiger partial charge on any atom is -0.394 e. The summed E-state index contributed by atoms with van der Waals surface area (Å²) in [7, 11) is 0. The number of nitrogens with one attached hydrogen (secondary N) is 1. The van der Waals surface area contributed by atoms with Crippen LogP contribution in [0.2, 0.25) is 0 Å². The Kier molecular flexibility index (Phi) is 5.38. The number of fused-ring (bicyclic) bond motifs is 1. The second-order valence-corrected chi connectivity index (χ2v) is 8.43. The van der Waals surface area contributed by atoms with Gasteiger partial charge in [0.15, 0.2) is 0 Å².